The molecule has 0 aliphatic heterocycles. The van der Waals surface area contributed by atoms with Gasteiger partial charge in [-0.15, -0.1) is 0 Å². The number of ether oxygens (including phenoxy) is 1. The van der Waals surface area contributed by atoms with E-state index in [0.29, 0.717) is 5.75 Å². The molecule has 0 atom stereocenters. The van der Waals surface area contributed by atoms with Gasteiger partial charge in [-0.25, -0.2) is 17.5 Å². The Morgan fingerprint density at radius 3 is 2.64 bits per heavy atom. The number of aromatic nitrogens is 2. The third-order valence-electron chi connectivity index (χ3n) is 3.38. The average molecular weight is 382 g/mol. The van der Waals surface area contributed by atoms with Gasteiger partial charge in [-0.05, 0) is 36.4 Å². The first-order valence-electron chi connectivity index (χ1n) is 7.06. The van der Waals surface area contributed by atoms with Crippen LogP contribution in [0.15, 0.2) is 59.8 Å². The molecule has 0 saturated carbocycles. The first kappa shape index (κ1) is 17.2. The number of methoxy groups -OCH3 is 1. The first-order valence-corrected chi connectivity index (χ1v) is 8.93. The number of benzene rings is 2. The van der Waals surface area contributed by atoms with Crippen LogP contribution in [0.1, 0.15) is 0 Å². The second kappa shape index (κ2) is 6.73. The fraction of sp³-hybridized carbons (Fsp3) is 0.0625. The Bertz CT molecular complexity index is 1010. The molecule has 130 valence electrons. The fourth-order valence-electron chi connectivity index (χ4n) is 2.20. The monoisotopic (exact) mass is 381 g/mol. The highest BCUT2D eigenvalue weighted by molar-refractivity contribution is 7.92. The summed E-state index contributed by atoms with van der Waals surface area (Å²) in [4.78, 5) is -0.0603. The van der Waals surface area contributed by atoms with Crippen LogP contribution in [0.2, 0.25) is 5.02 Å². The van der Waals surface area contributed by atoms with Crippen LogP contribution in [0.4, 0.5) is 10.1 Å². The second-order valence-corrected chi connectivity index (χ2v) is 7.11. The smallest absolute Gasteiger partial charge is 0.261 e. The standard InChI is InChI=1S/C16H13ClFN3O3S/c1-24-16-6-4-12(10-13(16)17)25(22,23)20-11-3-5-15(14(18)9-11)21-8-2-7-19-21/h2-10,20H,1H3. The van der Waals surface area contributed by atoms with Crippen LogP contribution in [0.25, 0.3) is 5.69 Å². The summed E-state index contributed by atoms with van der Waals surface area (Å²) in [6, 6.07) is 9.67. The molecule has 25 heavy (non-hydrogen) atoms. The summed E-state index contributed by atoms with van der Waals surface area (Å²) in [5.41, 5.74) is 0.292. The van der Waals surface area contributed by atoms with Crippen LogP contribution in [-0.2, 0) is 10.0 Å². The van der Waals surface area contributed by atoms with Crippen molar-refractivity contribution in [2.75, 3.05) is 11.8 Å². The topological polar surface area (TPSA) is 73.2 Å². The molecule has 0 bridgehead atoms. The summed E-state index contributed by atoms with van der Waals surface area (Å²) in [6.07, 6.45) is 3.10. The molecule has 0 radical (unpaired) electrons. The van der Waals surface area contributed by atoms with Gasteiger partial charge in [-0.3, -0.25) is 4.72 Å². The number of rotatable bonds is 5. The van der Waals surface area contributed by atoms with Gasteiger partial charge in [0.1, 0.15) is 11.4 Å². The largest absolute Gasteiger partial charge is 0.495 e. The maximum Gasteiger partial charge on any atom is 0.261 e. The minimum atomic E-state index is -3.92. The maximum atomic E-state index is 14.2. The van der Waals surface area contributed by atoms with Crippen molar-refractivity contribution in [1.29, 1.82) is 0 Å². The highest BCUT2D eigenvalue weighted by Gasteiger charge is 2.17. The normalized spacial score (nSPS) is 11.3. The molecule has 3 rings (SSSR count). The Kier molecular flexibility index (Phi) is 4.65. The Morgan fingerprint density at radius 2 is 2.04 bits per heavy atom. The van der Waals surface area contributed by atoms with Crippen LogP contribution in [0.5, 0.6) is 5.75 Å². The van der Waals surface area contributed by atoms with Crippen molar-refractivity contribution in [3.8, 4) is 11.4 Å². The van der Waals surface area contributed by atoms with Crippen LogP contribution in [0.3, 0.4) is 0 Å². The zero-order valence-electron chi connectivity index (χ0n) is 13.0. The van der Waals surface area contributed by atoms with Crippen molar-refractivity contribution < 1.29 is 17.5 Å². The Morgan fingerprint density at radius 1 is 1.24 bits per heavy atom. The third kappa shape index (κ3) is 3.59. The molecule has 1 N–H and O–H groups in total. The van der Waals surface area contributed by atoms with Crippen molar-refractivity contribution in [3.05, 3.63) is 65.7 Å². The van der Waals surface area contributed by atoms with E-state index in [4.69, 9.17) is 16.3 Å². The summed E-state index contributed by atoms with van der Waals surface area (Å²) in [5, 5.41) is 4.09. The number of anilines is 1. The molecule has 0 aliphatic rings. The zero-order chi connectivity index (χ0) is 18.0. The molecule has 9 heteroatoms. The van der Waals surface area contributed by atoms with Gasteiger partial charge in [0.25, 0.3) is 10.0 Å². The molecule has 0 spiro atoms. The first-order chi connectivity index (χ1) is 11.9. The van der Waals surface area contributed by atoms with Gasteiger partial charge in [0.15, 0.2) is 5.82 Å². The van der Waals surface area contributed by atoms with Gasteiger partial charge in [-0.2, -0.15) is 5.10 Å². The minimum Gasteiger partial charge on any atom is -0.495 e. The number of nitrogens with one attached hydrogen (secondary N) is 1. The van der Waals surface area contributed by atoms with Crippen molar-refractivity contribution >= 4 is 27.3 Å². The van der Waals surface area contributed by atoms with Crippen molar-refractivity contribution in [1.82, 2.24) is 9.78 Å². The van der Waals surface area contributed by atoms with Crippen LogP contribution < -0.4 is 9.46 Å². The molecule has 0 fully saturated rings. The fourth-order valence-corrected chi connectivity index (χ4v) is 3.59. The Labute approximate surface area is 148 Å². The van der Waals surface area contributed by atoms with E-state index >= 15 is 0 Å². The SMILES string of the molecule is COc1ccc(S(=O)(=O)Nc2ccc(-n3cccn3)c(F)c2)cc1Cl. The van der Waals surface area contributed by atoms with E-state index < -0.39 is 15.8 Å². The summed E-state index contributed by atoms with van der Waals surface area (Å²) in [5.74, 6) is -0.258. The number of hydrogen-bond acceptors (Lipinski definition) is 4. The molecule has 2 aromatic carbocycles. The maximum absolute atomic E-state index is 14.2. The van der Waals surface area contributed by atoms with Gasteiger partial charge in [0.2, 0.25) is 0 Å². The molecule has 0 saturated heterocycles. The van der Waals surface area contributed by atoms with Crippen molar-refractivity contribution in [2.45, 2.75) is 4.90 Å². The van der Waals surface area contributed by atoms with E-state index in [9.17, 15) is 12.8 Å². The summed E-state index contributed by atoms with van der Waals surface area (Å²) >= 11 is 5.95. The highest BCUT2D eigenvalue weighted by Crippen LogP contribution is 2.28. The van der Waals surface area contributed by atoms with Crippen LogP contribution in [0, 0.1) is 5.82 Å². The van der Waals surface area contributed by atoms with E-state index in [0.717, 1.165) is 6.07 Å². The highest BCUT2D eigenvalue weighted by atomic mass is 35.5. The minimum absolute atomic E-state index is 0.0603. The lowest BCUT2D eigenvalue weighted by Crippen LogP contribution is -2.13. The van der Waals surface area contributed by atoms with Gasteiger partial charge < -0.3 is 4.74 Å². The van der Waals surface area contributed by atoms with Crippen molar-refractivity contribution in [3.63, 3.8) is 0 Å². The number of halogens is 2. The second-order valence-electron chi connectivity index (χ2n) is 5.02. The third-order valence-corrected chi connectivity index (χ3v) is 5.06. The van der Waals surface area contributed by atoms with Gasteiger partial charge in [-0.1, -0.05) is 11.6 Å². The predicted octanol–water partition coefficient (Wildman–Crippen LogP) is 3.47. The molecule has 1 heterocycles. The molecule has 1 aromatic heterocycles. The lowest BCUT2D eigenvalue weighted by molar-refractivity contribution is 0.414. The van der Waals surface area contributed by atoms with Crippen molar-refractivity contribution in [2.24, 2.45) is 0 Å². The van der Waals surface area contributed by atoms with Gasteiger partial charge >= 0.3 is 0 Å². The number of hydrogen-bond donors (Lipinski definition) is 1. The number of sulfonamides is 1. The van der Waals surface area contributed by atoms with Gasteiger partial charge in [0, 0.05) is 18.5 Å². The molecular weight excluding hydrogens is 369 g/mol. The van der Waals surface area contributed by atoms with E-state index in [2.05, 4.69) is 9.82 Å². The molecule has 0 aliphatic carbocycles. The molecule has 0 amide bonds. The van der Waals surface area contributed by atoms with Crippen LogP contribution in [-0.4, -0.2) is 25.3 Å². The lowest BCUT2D eigenvalue weighted by Gasteiger charge is -2.11. The summed E-state index contributed by atoms with van der Waals surface area (Å²) in [7, 11) is -2.50. The summed E-state index contributed by atoms with van der Waals surface area (Å²) in [6.45, 7) is 0. The lowest BCUT2D eigenvalue weighted by atomic mass is 10.3. The predicted molar refractivity (Wildman–Crippen MR) is 92.3 cm³/mol. The molecular formula is C16H13ClFN3O3S. The molecule has 3 aromatic rings. The van der Waals surface area contributed by atoms with Crippen LogP contribution >= 0.6 is 11.6 Å². The Hall–Kier alpha value is -2.58. The van der Waals surface area contributed by atoms with E-state index in [-0.39, 0.29) is 21.3 Å². The number of nitrogens with zero attached hydrogens (tertiary/aromatic N) is 2. The van der Waals surface area contributed by atoms with E-state index in [1.54, 1.807) is 12.3 Å². The molecule has 0 unspecified atom stereocenters. The zero-order valence-corrected chi connectivity index (χ0v) is 14.6. The van der Waals surface area contributed by atoms with Gasteiger partial charge in [0.05, 0.1) is 22.7 Å². The van der Waals surface area contributed by atoms with E-state index in [1.807, 2.05) is 0 Å². The van der Waals surface area contributed by atoms with E-state index in [1.165, 1.54) is 48.3 Å². The Balaban J connectivity index is 1.88. The quantitative estimate of drug-likeness (QED) is 0.734. The summed E-state index contributed by atoms with van der Waals surface area (Å²) < 4.78 is 47.7. The molecule has 6 nitrogen and oxygen atoms in total. The average Bonchev–Trinajstić information content (AvgIpc) is 3.08.